The fourth-order valence-corrected chi connectivity index (χ4v) is 2.37. The molecule has 0 amide bonds. The second kappa shape index (κ2) is 6.95. The molecule has 0 aliphatic heterocycles. The van der Waals surface area contributed by atoms with Crippen molar-refractivity contribution in [3.63, 3.8) is 0 Å². The van der Waals surface area contributed by atoms with E-state index >= 15 is 0 Å². The number of rotatable bonds is 3. The van der Waals surface area contributed by atoms with Crippen molar-refractivity contribution in [2.75, 3.05) is 0 Å². The lowest BCUT2D eigenvalue weighted by Crippen LogP contribution is -2.04. The van der Waals surface area contributed by atoms with Gasteiger partial charge in [-0.05, 0) is 36.4 Å². The van der Waals surface area contributed by atoms with E-state index in [1.807, 2.05) is 12.1 Å². The van der Waals surface area contributed by atoms with E-state index in [-0.39, 0.29) is 0 Å². The summed E-state index contributed by atoms with van der Waals surface area (Å²) in [4.78, 5) is 24.1. The second-order valence-corrected chi connectivity index (χ2v) is 5.75. The molecular weight excluding hydrogens is 349 g/mol. The third-order valence-corrected chi connectivity index (χ3v) is 3.60. The summed E-state index contributed by atoms with van der Waals surface area (Å²) in [6, 6.07) is 12.1. The Kier molecular flexibility index (Phi) is 4.74. The molecule has 0 aliphatic carbocycles. The number of hydrogen-bond donors (Lipinski definition) is 0. The average molecular weight is 360 g/mol. The van der Waals surface area contributed by atoms with Gasteiger partial charge < -0.3 is 4.74 Å². The third-order valence-electron chi connectivity index (χ3n) is 3.11. The lowest BCUT2D eigenvalue weighted by atomic mass is 10.1. The molecule has 5 nitrogen and oxygen atoms in total. The van der Waals surface area contributed by atoms with Crippen LogP contribution < -0.4 is 4.74 Å². The fraction of sp³-hybridized carbons (Fsp3) is 0.0588. The highest BCUT2D eigenvalue weighted by molar-refractivity contribution is 6.31. The SMILES string of the molecule is CC(=O)Oc1cc(Cl)ccc1-c1ncnc(-c2ccc(Cl)cc2)n1. The van der Waals surface area contributed by atoms with Gasteiger partial charge in [-0.3, -0.25) is 4.79 Å². The first-order chi connectivity index (χ1) is 11.5. The number of benzene rings is 2. The number of hydrogen-bond acceptors (Lipinski definition) is 5. The van der Waals surface area contributed by atoms with E-state index in [1.165, 1.54) is 13.3 Å². The highest BCUT2D eigenvalue weighted by atomic mass is 35.5. The average Bonchev–Trinajstić information content (AvgIpc) is 2.55. The van der Waals surface area contributed by atoms with Crippen LogP contribution in [0.5, 0.6) is 5.75 Å². The van der Waals surface area contributed by atoms with Crippen molar-refractivity contribution >= 4 is 29.2 Å². The molecule has 0 unspecified atom stereocenters. The molecule has 24 heavy (non-hydrogen) atoms. The van der Waals surface area contributed by atoms with Crippen molar-refractivity contribution in [3.8, 4) is 28.5 Å². The summed E-state index contributed by atoms with van der Waals surface area (Å²) in [6.45, 7) is 1.32. The van der Waals surface area contributed by atoms with Gasteiger partial charge in [0.2, 0.25) is 0 Å². The highest BCUT2D eigenvalue weighted by Crippen LogP contribution is 2.31. The van der Waals surface area contributed by atoms with Crippen molar-refractivity contribution in [2.45, 2.75) is 6.92 Å². The van der Waals surface area contributed by atoms with Crippen LogP contribution in [0.2, 0.25) is 10.0 Å². The fourth-order valence-electron chi connectivity index (χ4n) is 2.08. The van der Waals surface area contributed by atoms with E-state index in [0.29, 0.717) is 33.0 Å². The van der Waals surface area contributed by atoms with Crippen LogP contribution in [0.1, 0.15) is 6.92 Å². The van der Waals surface area contributed by atoms with Crippen molar-refractivity contribution in [3.05, 3.63) is 58.8 Å². The Morgan fingerprint density at radius 2 is 1.62 bits per heavy atom. The molecule has 0 fully saturated rings. The first kappa shape index (κ1) is 16.4. The summed E-state index contributed by atoms with van der Waals surface area (Å²) in [6.07, 6.45) is 1.40. The minimum atomic E-state index is -0.453. The van der Waals surface area contributed by atoms with Crippen molar-refractivity contribution < 1.29 is 9.53 Å². The predicted molar refractivity (Wildman–Crippen MR) is 92.0 cm³/mol. The summed E-state index contributed by atoms with van der Waals surface area (Å²) < 4.78 is 5.20. The topological polar surface area (TPSA) is 65.0 Å². The minimum absolute atomic E-state index is 0.295. The number of aromatic nitrogens is 3. The number of halogens is 2. The zero-order chi connectivity index (χ0) is 17.1. The Balaban J connectivity index is 2.06. The Morgan fingerprint density at radius 1 is 0.958 bits per heavy atom. The Morgan fingerprint density at radius 3 is 2.33 bits per heavy atom. The lowest BCUT2D eigenvalue weighted by Gasteiger charge is -2.09. The molecule has 0 bridgehead atoms. The summed E-state index contributed by atoms with van der Waals surface area (Å²) >= 11 is 11.9. The van der Waals surface area contributed by atoms with E-state index < -0.39 is 5.97 Å². The predicted octanol–water partition coefficient (Wildman–Crippen LogP) is 4.44. The van der Waals surface area contributed by atoms with Gasteiger partial charge >= 0.3 is 5.97 Å². The molecule has 0 saturated carbocycles. The maximum absolute atomic E-state index is 11.3. The molecule has 0 N–H and O–H groups in total. The van der Waals surface area contributed by atoms with E-state index in [2.05, 4.69) is 15.0 Å². The first-order valence-electron chi connectivity index (χ1n) is 6.96. The number of carbonyl (C=O) groups is 1. The molecule has 120 valence electrons. The monoisotopic (exact) mass is 359 g/mol. The van der Waals surface area contributed by atoms with Gasteiger partial charge in [0.1, 0.15) is 12.1 Å². The summed E-state index contributed by atoms with van der Waals surface area (Å²) in [5.74, 6) is 0.706. The zero-order valence-electron chi connectivity index (χ0n) is 12.5. The zero-order valence-corrected chi connectivity index (χ0v) is 14.0. The Bertz CT molecular complexity index is 899. The molecule has 0 atom stereocenters. The lowest BCUT2D eigenvalue weighted by molar-refractivity contribution is -0.131. The van der Waals surface area contributed by atoms with E-state index in [9.17, 15) is 4.79 Å². The van der Waals surface area contributed by atoms with Crippen LogP contribution in [0.3, 0.4) is 0 Å². The Hall–Kier alpha value is -2.50. The Labute approximate surface area is 148 Å². The van der Waals surface area contributed by atoms with E-state index in [0.717, 1.165) is 5.56 Å². The molecule has 0 spiro atoms. The van der Waals surface area contributed by atoms with Crippen LogP contribution in [-0.2, 0) is 4.79 Å². The maximum atomic E-state index is 11.3. The maximum Gasteiger partial charge on any atom is 0.308 e. The van der Waals surface area contributed by atoms with Gasteiger partial charge in [0.05, 0.1) is 5.56 Å². The molecule has 0 aliphatic rings. The summed E-state index contributed by atoms with van der Waals surface area (Å²) in [5, 5.41) is 1.07. The van der Waals surface area contributed by atoms with Crippen LogP contribution in [0.4, 0.5) is 0 Å². The third kappa shape index (κ3) is 3.69. The second-order valence-electron chi connectivity index (χ2n) is 4.87. The number of esters is 1. The van der Waals surface area contributed by atoms with Gasteiger partial charge in [0.25, 0.3) is 0 Å². The normalized spacial score (nSPS) is 10.5. The van der Waals surface area contributed by atoms with Gasteiger partial charge in [0.15, 0.2) is 11.6 Å². The number of ether oxygens (including phenoxy) is 1. The molecule has 3 rings (SSSR count). The molecule has 2 aromatic carbocycles. The van der Waals surface area contributed by atoms with Crippen LogP contribution in [0, 0.1) is 0 Å². The van der Waals surface area contributed by atoms with Gasteiger partial charge in [-0.1, -0.05) is 23.2 Å². The molecule has 1 aromatic heterocycles. The van der Waals surface area contributed by atoms with Gasteiger partial charge in [-0.25, -0.2) is 15.0 Å². The number of carbonyl (C=O) groups excluding carboxylic acids is 1. The van der Waals surface area contributed by atoms with Crippen LogP contribution >= 0.6 is 23.2 Å². The number of nitrogens with zero attached hydrogens (tertiary/aromatic N) is 3. The summed E-state index contributed by atoms with van der Waals surface area (Å²) in [5.41, 5.74) is 1.35. The molecule has 3 aromatic rings. The van der Waals surface area contributed by atoms with Gasteiger partial charge in [-0.2, -0.15) is 0 Å². The first-order valence-corrected chi connectivity index (χ1v) is 7.72. The standard InChI is InChI=1S/C17H11Cl2N3O2/c1-10(23)24-15-8-13(19)6-7-14(15)17-21-9-20-16(22-17)11-2-4-12(18)5-3-11/h2-9H,1H3. The smallest absolute Gasteiger partial charge is 0.308 e. The molecule has 1 heterocycles. The molecule has 0 saturated heterocycles. The summed E-state index contributed by atoms with van der Waals surface area (Å²) in [7, 11) is 0. The largest absolute Gasteiger partial charge is 0.426 e. The molecule has 7 heteroatoms. The quantitative estimate of drug-likeness (QED) is 0.510. The minimum Gasteiger partial charge on any atom is -0.426 e. The van der Waals surface area contributed by atoms with Crippen LogP contribution in [0.25, 0.3) is 22.8 Å². The van der Waals surface area contributed by atoms with Crippen LogP contribution in [0.15, 0.2) is 48.8 Å². The molecular formula is C17H11Cl2N3O2. The molecule has 0 radical (unpaired) electrons. The van der Waals surface area contributed by atoms with Crippen LogP contribution in [-0.4, -0.2) is 20.9 Å². The van der Waals surface area contributed by atoms with Crippen molar-refractivity contribution in [2.24, 2.45) is 0 Å². The van der Waals surface area contributed by atoms with E-state index in [4.69, 9.17) is 27.9 Å². The van der Waals surface area contributed by atoms with E-state index in [1.54, 1.807) is 30.3 Å². The van der Waals surface area contributed by atoms with Crippen molar-refractivity contribution in [1.82, 2.24) is 15.0 Å². The van der Waals surface area contributed by atoms with Crippen molar-refractivity contribution in [1.29, 1.82) is 0 Å². The highest BCUT2D eigenvalue weighted by Gasteiger charge is 2.13. The van der Waals surface area contributed by atoms with Gasteiger partial charge in [0, 0.05) is 28.6 Å². The van der Waals surface area contributed by atoms with Gasteiger partial charge in [-0.15, -0.1) is 0 Å².